The molecule has 0 spiro atoms. The molecule has 0 saturated heterocycles. The van der Waals surface area contributed by atoms with Gasteiger partial charge < -0.3 is 14.8 Å². The Kier molecular flexibility index (Phi) is 4.23. The van der Waals surface area contributed by atoms with E-state index in [1.165, 1.54) is 6.07 Å². The lowest BCUT2D eigenvalue weighted by Crippen LogP contribution is -2.27. The number of ether oxygens (including phenoxy) is 2. The Morgan fingerprint density at radius 2 is 1.95 bits per heavy atom. The van der Waals surface area contributed by atoms with Crippen LogP contribution >= 0.6 is 0 Å². The Bertz CT molecular complexity index is 687. The van der Waals surface area contributed by atoms with Crippen molar-refractivity contribution in [2.45, 2.75) is 12.8 Å². The van der Waals surface area contributed by atoms with Crippen molar-refractivity contribution in [1.29, 1.82) is 0 Å². The number of halogens is 1. The fourth-order valence-electron chi connectivity index (χ4n) is 2.32. The Hall–Kier alpha value is -2.56. The molecule has 0 radical (unpaired) electrons. The van der Waals surface area contributed by atoms with Gasteiger partial charge in [0.1, 0.15) is 5.82 Å². The number of hydrogen-bond donors (Lipinski definition) is 1. The molecule has 3 rings (SSSR count). The van der Waals surface area contributed by atoms with Gasteiger partial charge in [0, 0.05) is 6.54 Å². The lowest BCUT2D eigenvalue weighted by molar-refractivity contribution is -0.120. The smallest absolute Gasteiger partial charge is 0.231 e. The minimum atomic E-state index is -0.353. The normalized spacial score (nSPS) is 12.2. The third-order valence-corrected chi connectivity index (χ3v) is 3.48. The summed E-state index contributed by atoms with van der Waals surface area (Å²) in [7, 11) is 0. The standard InChI is InChI=1S/C17H16FNO3/c18-14-4-2-1-3-13(14)10-17(20)19-8-7-12-5-6-15-16(9-12)22-11-21-15/h1-6,9H,7-8,10-11H2,(H,19,20). The predicted octanol–water partition coefficient (Wildman–Crippen LogP) is 2.46. The van der Waals surface area contributed by atoms with Crippen LogP contribution < -0.4 is 14.8 Å². The highest BCUT2D eigenvalue weighted by Gasteiger charge is 2.13. The molecule has 1 heterocycles. The molecule has 1 aliphatic rings. The first-order valence-corrected chi connectivity index (χ1v) is 7.11. The number of amides is 1. The first-order valence-electron chi connectivity index (χ1n) is 7.11. The SMILES string of the molecule is O=C(Cc1ccccc1F)NCCc1ccc2c(c1)OCO2. The molecular weight excluding hydrogens is 285 g/mol. The molecule has 0 fully saturated rings. The van der Waals surface area contributed by atoms with E-state index >= 15 is 0 Å². The quantitative estimate of drug-likeness (QED) is 0.923. The van der Waals surface area contributed by atoms with Gasteiger partial charge in [-0.25, -0.2) is 4.39 Å². The molecule has 1 amide bonds. The van der Waals surface area contributed by atoms with Crippen LogP contribution in [-0.2, 0) is 17.6 Å². The summed E-state index contributed by atoms with van der Waals surface area (Å²) >= 11 is 0. The zero-order chi connectivity index (χ0) is 15.4. The van der Waals surface area contributed by atoms with E-state index in [1.54, 1.807) is 18.2 Å². The molecule has 2 aromatic rings. The number of hydrogen-bond acceptors (Lipinski definition) is 3. The van der Waals surface area contributed by atoms with E-state index < -0.39 is 0 Å². The van der Waals surface area contributed by atoms with Gasteiger partial charge in [-0.2, -0.15) is 0 Å². The van der Waals surface area contributed by atoms with E-state index in [-0.39, 0.29) is 24.9 Å². The van der Waals surface area contributed by atoms with Crippen molar-refractivity contribution in [2.75, 3.05) is 13.3 Å². The minimum absolute atomic E-state index is 0.0494. The molecule has 2 aromatic carbocycles. The van der Waals surface area contributed by atoms with Crippen molar-refractivity contribution in [3.05, 3.63) is 59.4 Å². The molecule has 0 bridgehead atoms. The molecule has 0 aliphatic carbocycles. The van der Waals surface area contributed by atoms with E-state index in [0.29, 0.717) is 18.5 Å². The summed E-state index contributed by atoms with van der Waals surface area (Å²) < 4.78 is 24.0. The first kappa shape index (κ1) is 14.4. The van der Waals surface area contributed by atoms with Crippen molar-refractivity contribution >= 4 is 5.91 Å². The first-order chi connectivity index (χ1) is 10.7. The Labute approximate surface area is 127 Å². The van der Waals surface area contributed by atoms with Gasteiger partial charge >= 0.3 is 0 Å². The minimum Gasteiger partial charge on any atom is -0.454 e. The van der Waals surface area contributed by atoms with Crippen molar-refractivity contribution in [3.8, 4) is 11.5 Å². The van der Waals surface area contributed by atoms with E-state index in [4.69, 9.17) is 9.47 Å². The summed E-state index contributed by atoms with van der Waals surface area (Å²) in [6, 6.07) is 12.0. The summed E-state index contributed by atoms with van der Waals surface area (Å²) in [5, 5.41) is 2.80. The third kappa shape index (κ3) is 3.36. The van der Waals surface area contributed by atoms with Gasteiger partial charge in [-0.1, -0.05) is 24.3 Å². The monoisotopic (exact) mass is 301 g/mol. The highest BCUT2D eigenvalue weighted by Crippen LogP contribution is 2.32. The molecule has 5 heteroatoms. The van der Waals surface area contributed by atoms with Gasteiger partial charge in [-0.3, -0.25) is 4.79 Å². The van der Waals surface area contributed by atoms with Crippen LogP contribution in [0.1, 0.15) is 11.1 Å². The van der Waals surface area contributed by atoms with E-state index in [1.807, 2.05) is 18.2 Å². The summed E-state index contributed by atoms with van der Waals surface area (Å²) in [5.74, 6) is 0.932. The fourth-order valence-corrected chi connectivity index (χ4v) is 2.32. The second-order valence-corrected chi connectivity index (χ2v) is 5.06. The number of benzene rings is 2. The number of fused-ring (bicyclic) bond motifs is 1. The van der Waals surface area contributed by atoms with Crippen LogP contribution in [0.2, 0.25) is 0 Å². The zero-order valence-electron chi connectivity index (χ0n) is 12.0. The maximum atomic E-state index is 13.5. The van der Waals surface area contributed by atoms with Crippen LogP contribution in [0.3, 0.4) is 0 Å². The lowest BCUT2D eigenvalue weighted by Gasteiger charge is -2.07. The number of nitrogens with one attached hydrogen (secondary N) is 1. The van der Waals surface area contributed by atoms with Crippen LogP contribution in [0.5, 0.6) is 11.5 Å². The molecule has 1 aliphatic heterocycles. The van der Waals surface area contributed by atoms with Gasteiger partial charge in [-0.05, 0) is 35.7 Å². The number of carbonyl (C=O) groups is 1. The highest BCUT2D eigenvalue weighted by molar-refractivity contribution is 5.78. The summed E-state index contributed by atoms with van der Waals surface area (Å²) in [6.45, 7) is 0.741. The average molecular weight is 301 g/mol. The van der Waals surface area contributed by atoms with Crippen molar-refractivity contribution < 1.29 is 18.7 Å². The lowest BCUT2D eigenvalue weighted by atomic mass is 10.1. The maximum absolute atomic E-state index is 13.5. The molecular formula is C17H16FNO3. The maximum Gasteiger partial charge on any atom is 0.231 e. The molecule has 1 N–H and O–H groups in total. The summed E-state index contributed by atoms with van der Waals surface area (Å²) in [6.07, 6.45) is 0.730. The van der Waals surface area contributed by atoms with Crippen LogP contribution in [0.4, 0.5) is 4.39 Å². The van der Waals surface area contributed by atoms with Gasteiger partial charge in [0.15, 0.2) is 11.5 Å². The second-order valence-electron chi connectivity index (χ2n) is 5.06. The third-order valence-electron chi connectivity index (χ3n) is 3.48. The summed E-state index contributed by atoms with van der Waals surface area (Å²) in [5.41, 5.74) is 1.46. The van der Waals surface area contributed by atoms with Crippen molar-refractivity contribution in [1.82, 2.24) is 5.32 Å². The molecule has 22 heavy (non-hydrogen) atoms. The largest absolute Gasteiger partial charge is 0.454 e. The fraction of sp³-hybridized carbons (Fsp3) is 0.235. The molecule has 0 unspecified atom stereocenters. The number of rotatable bonds is 5. The Morgan fingerprint density at radius 1 is 1.14 bits per heavy atom. The van der Waals surface area contributed by atoms with E-state index in [2.05, 4.69) is 5.32 Å². The van der Waals surface area contributed by atoms with Crippen molar-refractivity contribution in [2.24, 2.45) is 0 Å². The number of carbonyl (C=O) groups excluding carboxylic acids is 1. The molecule has 114 valence electrons. The van der Waals surface area contributed by atoms with Crippen molar-refractivity contribution in [3.63, 3.8) is 0 Å². The molecule has 4 nitrogen and oxygen atoms in total. The molecule has 0 saturated carbocycles. The van der Waals surface area contributed by atoms with Gasteiger partial charge in [0.2, 0.25) is 12.7 Å². The van der Waals surface area contributed by atoms with Crippen LogP contribution in [0.15, 0.2) is 42.5 Å². The van der Waals surface area contributed by atoms with Crippen LogP contribution in [-0.4, -0.2) is 19.2 Å². The Morgan fingerprint density at radius 3 is 2.82 bits per heavy atom. The van der Waals surface area contributed by atoms with E-state index in [9.17, 15) is 9.18 Å². The van der Waals surface area contributed by atoms with Crippen LogP contribution in [0.25, 0.3) is 0 Å². The van der Waals surface area contributed by atoms with E-state index in [0.717, 1.165) is 17.1 Å². The van der Waals surface area contributed by atoms with Gasteiger partial charge in [0.25, 0.3) is 0 Å². The highest BCUT2D eigenvalue weighted by atomic mass is 19.1. The predicted molar refractivity (Wildman–Crippen MR) is 79.4 cm³/mol. The van der Waals surface area contributed by atoms with Gasteiger partial charge in [-0.15, -0.1) is 0 Å². The molecule has 0 atom stereocenters. The topological polar surface area (TPSA) is 47.6 Å². The Balaban J connectivity index is 1.49. The summed E-state index contributed by atoms with van der Waals surface area (Å²) in [4.78, 5) is 11.8. The average Bonchev–Trinajstić information content (AvgIpc) is 2.97. The molecule has 0 aromatic heterocycles. The second kappa shape index (κ2) is 6.47. The van der Waals surface area contributed by atoms with Gasteiger partial charge in [0.05, 0.1) is 6.42 Å². The zero-order valence-corrected chi connectivity index (χ0v) is 12.0. The van der Waals surface area contributed by atoms with Crippen LogP contribution in [0, 0.1) is 5.82 Å².